The molecular formula is C10H16Br3ClO. The van der Waals surface area contributed by atoms with Gasteiger partial charge in [-0.15, -0.1) is 11.6 Å². The first-order valence-electron chi connectivity index (χ1n) is 4.58. The molecule has 0 aromatic rings. The normalized spacial score (nSPS) is 21.3. The van der Waals surface area contributed by atoms with Gasteiger partial charge in [0.25, 0.3) is 0 Å². The zero-order valence-electron chi connectivity index (χ0n) is 8.98. The lowest BCUT2D eigenvalue weighted by molar-refractivity contribution is 0.108. The Morgan fingerprint density at radius 3 is 2.07 bits per heavy atom. The van der Waals surface area contributed by atoms with Gasteiger partial charge in [0.2, 0.25) is 0 Å². The average molecular weight is 427 g/mol. The Morgan fingerprint density at radius 1 is 1.27 bits per heavy atom. The first-order chi connectivity index (χ1) is 6.61. The van der Waals surface area contributed by atoms with Crippen LogP contribution in [-0.2, 0) is 0 Å². The molecule has 1 N–H and O–H groups in total. The van der Waals surface area contributed by atoms with Crippen molar-refractivity contribution in [1.29, 1.82) is 0 Å². The second-order valence-electron chi connectivity index (χ2n) is 4.25. The molecule has 0 fully saturated rings. The summed E-state index contributed by atoms with van der Waals surface area (Å²) in [5, 5.41) is 10.1. The molecule has 0 amide bonds. The van der Waals surface area contributed by atoms with Crippen molar-refractivity contribution in [1.82, 2.24) is 0 Å². The van der Waals surface area contributed by atoms with Gasteiger partial charge in [0.15, 0.2) is 0 Å². The van der Waals surface area contributed by atoms with Crippen LogP contribution >= 0.6 is 59.4 Å². The summed E-state index contributed by atoms with van der Waals surface area (Å²) in [5.41, 5.74) is -0.891. The molecule has 0 aliphatic heterocycles. The van der Waals surface area contributed by atoms with Crippen LogP contribution in [0.15, 0.2) is 11.1 Å². The third-order valence-electron chi connectivity index (χ3n) is 2.19. The fourth-order valence-electron chi connectivity index (χ4n) is 0.932. The van der Waals surface area contributed by atoms with Crippen molar-refractivity contribution in [2.24, 2.45) is 0 Å². The molecule has 0 aliphatic rings. The van der Waals surface area contributed by atoms with E-state index in [4.69, 9.17) is 11.6 Å². The molecule has 5 heteroatoms. The van der Waals surface area contributed by atoms with Gasteiger partial charge < -0.3 is 5.11 Å². The summed E-state index contributed by atoms with van der Waals surface area (Å²) < 4.78 is 0. The van der Waals surface area contributed by atoms with Crippen LogP contribution < -0.4 is 0 Å². The smallest absolute Gasteiger partial charge is 0.0932 e. The van der Waals surface area contributed by atoms with Crippen molar-refractivity contribution in [2.45, 2.75) is 47.3 Å². The number of hydrogen-bond donors (Lipinski definition) is 1. The van der Waals surface area contributed by atoms with Gasteiger partial charge in [-0.1, -0.05) is 47.8 Å². The van der Waals surface area contributed by atoms with Crippen LogP contribution in [0.4, 0.5) is 0 Å². The maximum absolute atomic E-state index is 10.1. The molecule has 0 heterocycles. The first kappa shape index (κ1) is 16.4. The zero-order chi connectivity index (χ0) is 12.3. The summed E-state index contributed by atoms with van der Waals surface area (Å²) in [5.74, 6) is 0. The molecule has 0 aliphatic carbocycles. The number of rotatable bonds is 5. The summed E-state index contributed by atoms with van der Waals surface area (Å²) in [6, 6.07) is 0. The molecule has 0 spiro atoms. The maximum Gasteiger partial charge on any atom is 0.0932 e. The Bertz CT molecular complexity index is 223. The highest BCUT2D eigenvalue weighted by Gasteiger charge is 2.33. The highest BCUT2D eigenvalue weighted by molar-refractivity contribution is 9.11. The van der Waals surface area contributed by atoms with Gasteiger partial charge in [0, 0.05) is 9.65 Å². The molecule has 0 saturated heterocycles. The fourth-order valence-corrected chi connectivity index (χ4v) is 2.96. The van der Waals surface area contributed by atoms with E-state index in [0.717, 1.165) is 6.42 Å². The maximum atomic E-state index is 10.1. The van der Waals surface area contributed by atoms with Crippen LogP contribution in [0.25, 0.3) is 0 Å². The summed E-state index contributed by atoms with van der Waals surface area (Å²) in [4.78, 5) is 1.41. The van der Waals surface area contributed by atoms with E-state index in [1.807, 2.05) is 13.8 Å². The van der Waals surface area contributed by atoms with E-state index in [0.29, 0.717) is 0 Å². The standard InChI is InChI=1S/C10H16Br3ClO/c1-9(2,14)7(12)6-8(13)10(3,15)4-5-11/h4-5,7-8,15H,6H2,1-3H3/b5-4+/t7-,8+,10+/m1/s1. The van der Waals surface area contributed by atoms with Gasteiger partial charge in [-0.3, -0.25) is 0 Å². The molecule has 0 aromatic carbocycles. The third-order valence-corrected chi connectivity index (χ3v) is 5.80. The zero-order valence-corrected chi connectivity index (χ0v) is 14.5. The van der Waals surface area contributed by atoms with E-state index in [9.17, 15) is 5.11 Å². The summed E-state index contributed by atoms with van der Waals surface area (Å²) in [6.45, 7) is 5.65. The number of aliphatic hydroxyl groups is 1. The topological polar surface area (TPSA) is 20.2 Å². The van der Waals surface area contributed by atoms with Gasteiger partial charge in [-0.2, -0.15) is 0 Å². The monoisotopic (exact) mass is 424 g/mol. The van der Waals surface area contributed by atoms with Crippen molar-refractivity contribution < 1.29 is 5.11 Å². The van der Waals surface area contributed by atoms with E-state index in [1.165, 1.54) is 0 Å². The molecule has 0 rings (SSSR count). The molecule has 3 atom stereocenters. The number of halogens is 4. The Hall–Kier alpha value is 1.43. The molecule has 90 valence electrons. The predicted molar refractivity (Wildman–Crippen MR) is 78.7 cm³/mol. The van der Waals surface area contributed by atoms with Crippen LogP contribution in [0.1, 0.15) is 27.2 Å². The minimum Gasteiger partial charge on any atom is -0.385 e. The Kier molecular flexibility index (Phi) is 6.99. The van der Waals surface area contributed by atoms with E-state index in [1.54, 1.807) is 18.0 Å². The molecule has 0 saturated carbocycles. The van der Waals surface area contributed by atoms with Crippen molar-refractivity contribution in [3.8, 4) is 0 Å². The molecular weight excluding hydrogens is 411 g/mol. The number of alkyl halides is 3. The minimum atomic E-state index is -0.891. The van der Waals surface area contributed by atoms with Gasteiger partial charge >= 0.3 is 0 Å². The molecule has 0 aromatic heterocycles. The van der Waals surface area contributed by atoms with Crippen LogP contribution in [0, 0.1) is 0 Å². The largest absolute Gasteiger partial charge is 0.385 e. The van der Waals surface area contributed by atoms with E-state index < -0.39 is 5.60 Å². The van der Waals surface area contributed by atoms with Crippen LogP contribution in [-0.4, -0.2) is 25.2 Å². The fraction of sp³-hybridized carbons (Fsp3) is 0.800. The number of hydrogen-bond acceptors (Lipinski definition) is 1. The summed E-state index contributed by atoms with van der Waals surface area (Å²) in [7, 11) is 0. The lowest BCUT2D eigenvalue weighted by Crippen LogP contribution is -2.38. The quantitative estimate of drug-likeness (QED) is 0.637. The molecule has 0 unspecified atom stereocenters. The summed E-state index contributed by atoms with van der Waals surface area (Å²) in [6.07, 6.45) is 2.44. The lowest BCUT2D eigenvalue weighted by atomic mass is 9.95. The Labute approximate surface area is 122 Å². The van der Waals surface area contributed by atoms with Gasteiger partial charge in [0.05, 0.1) is 10.5 Å². The second-order valence-corrected chi connectivity index (χ2v) is 7.97. The highest BCUT2D eigenvalue weighted by Crippen LogP contribution is 2.34. The predicted octanol–water partition coefficient (Wildman–Crippen LogP) is 4.58. The van der Waals surface area contributed by atoms with Crippen molar-refractivity contribution in [3.05, 3.63) is 11.1 Å². The van der Waals surface area contributed by atoms with E-state index >= 15 is 0 Å². The van der Waals surface area contributed by atoms with Crippen molar-refractivity contribution in [3.63, 3.8) is 0 Å². The van der Waals surface area contributed by atoms with E-state index in [2.05, 4.69) is 47.8 Å². The first-order valence-corrected chi connectivity index (χ1v) is 7.71. The van der Waals surface area contributed by atoms with Crippen LogP contribution in [0.3, 0.4) is 0 Å². The van der Waals surface area contributed by atoms with E-state index in [-0.39, 0.29) is 14.5 Å². The van der Waals surface area contributed by atoms with Crippen molar-refractivity contribution >= 4 is 59.4 Å². The third kappa shape index (κ3) is 6.06. The Morgan fingerprint density at radius 2 is 1.73 bits per heavy atom. The molecule has 1 nitrogen and oxygen atoms in total. The van der Waals surface area contributed by atoms with Gasteiger partial charge in [-0.25, -0.2) is 0 Å². The Balaban J connectivity index is 4.43. The van der Waals surface area contributed by atoms with Crippen LogP contribution in [0.5, 0.6) is 0 Å². The van der Waals surface area contributed by atoms with Gasteiger partial charge in [0.1, 0.15) is 0 Å². The highest BCUT2D eigenvalue weighted by atomic mass is 79.9. The van der Waals surface area contributed by atoms with Crippen molar-refractivity contribution in [2.75, 3.05) is 0 Å². The molecule has 0 radical (unpaired) electrons. The lowest BCUT2D eigenvalue weighted by Gasteiger charge is -2.31. The molecule has 15 heavy (non-hydrogen) atoms. The minimum absolute atomic E-state index is 0.0544. The van der Waals surface area contributed by atoms with Crippen LogP contribution in [0.2, 0.25) is 0 Å². The SMILES string of the molecule is CC(C)(Cl)[C@H](Br)C[C@H](Br)[C@@](C)(O)/C=C/Br. The summed E-state index contributed by atoms with van der Waals surface area (Å²) >= 11 is 16.4. The van der Waals surface area contributed by atoms with Gasteiger partial charge in [-0.05, 0) is 38.3 Å². The molecule has 0 bridgehead atoms. The average Bonchev–Trinajstić information content (AvgIpc) is 2.01. The second kappa shape index (κ2) is 6.39.